The van der Waals surface area contributed by atoms with Crippen molar-refractivity contribution in [3.05, 3.63) is 107 Å². The molecule has 190 valence electrons. The van der Waals surface area contributed by atoms with E-state index in [9.17, 15) is 9.90 Å². The normalized spacial score (nSPS) is 32.4. The molecule has 3 aliphatic rings. The second-order valence-electron chi connectivity index (χ2n) is 10.8. The van der Waals surface area contributed by atoms with Crippen LogP contribution < -0.4 is 4.74 Å². The molecule has 2 saturated carbocycles. The van der Waals surface area contributed by atoms with Crippen LogP contribution in [0, 0.1) is 11.3 Å². The SMILES string of the molecule is COc1ccc([C@@H]2[C@@H]3CCCC[C@]3(O)O[C@@H](c3ccccc3)[C@]23CC/C(=C\c2ccccc2)C3=O)cc1. The molecule has 1 aliphatic heterocycles. The van der Waals surface area contributed by atoms with Gasteiger partial charge in [0.05, 0.1) is 18.6 Å². The fraction of sp³-hybridized carbons (Fsp3) is 0.364. The summed E-state index contributed by atoms with van der Waals surface area (Å²) in [7, 11) is 1.66. The summed E-state index contributed by atoms with van der Waals surface area (Å²) in [5.41, 5.74) is 3.10. The molecule has 2 aliphatic carbocycles. The van der Waals surface area contributed by atoms with E-state index in [-0.39, 0.29) is 17.6 Å². The lowest BCUT2D eigenvalue weighted by atomic mass is 9.55. The Morgan fingerprint density at radius 3 is 2.30 bits per heavy atom. The summed E-state index contributed by atoms with van der Waals surface area (Å²) >= 11 is 0. The van der Waals surface area contributed by atoms with E-state index in [4.69, 9.17) is 9.47 Å². The zero-order valence-electron chi connectivity index (χ0n) is 21.3. The van der Waals surface area contributed by atoms with Crippen molar-refractivity contribution < 1.29 is 19.4 Å². The van der Waals surface area contributed by atoms with Crippen molar-refractivity contribution in [2.45, 2.75) is 56.3 Å². The molecule has 3 fully saturated rings. The van der Waals surface area contributed by atoms with Crippen LogP contribution in [0.15, 0.2) is 90.5 Å². The molecule has 3 aromatic rings. The number of carbonyl (C=O) groups is 1. The largest absolute Gasteiger partial charge is 0.497 e. The molecule has 6 rings (SSSR count). The van der Waals surface area contributed by atoms with E-state index < -0.39 is 17.3 Å². The van der Waals surface area contributed by atoms with Crippen LogP contribution in [0.1, 0.15) is 67.2 Å². The van der Waals surface area contributed by atoms with Crippen molar-refractivity contribution in [2.24, 2.45) is 11.3 Å². The van der Waals surface area contributed by atoms with E-state index >= 15 is 0 Å². The Hall–Kier alpha value is -3.21. The zero-order chi connectivity index (χ0) is 25.5. The third-order valence-electron chi connectivity index (χ3n) is 8.87. The standard InChI is InChI=1S/C33H34O4/c1-36-27-17-15-24(16-18-27)29-28-14-8-9-20-33(28,35)37-31(25-12-6-3-7-13-25)32(29)21-19-26(30(32)34)22-23-10-4-2-5-11-23/h2-7,10-13,15-18,22,28-29,31,35H,8-9,14,19-21H2,1H3/b26-22+/t28-,29+,31-,32+,33-/m0/s1. The summed E-state index contributed by atoms with van der Waals surface area (Å²) in [6.45, 7) is 0. The number of benzene rings is 3. The van der Waals surface area contributed by atoms with Crippen molar-refractivity contribution >= 4 is 11.9 Å². The van der Waals surface area contributed by atoms with Gasteiger partial charge in [-0.05, 0) is 66.2 Å². The van der Waals surface area contributed by atoms with E-state index in [0.717, 1.165) is 47.3 Å². The summed E-state index contributed by atoms with van der Waals surface area (Å²) in [6.07, 6.45) is 6.26. The Morgan fingerprint density at radius 2 is 1.59 bits per heavy atom. The zero-order valence-corrected chi connectivity index (χ0v) is 21.3. The highest BCUT2D eigenvalue weighted by Crippen LogP contribution is 2.67. The number of ether oxygens (including phenoxy) is 2. The van der Waals surface area contributed by atoms with Crippen LogP contribution in [0.3, 0.4) is 0 Å². The average Bonchev–Trinajstić information content (AvgIpc) is 3.25. The minimum absolute atomic E-state index is 0.152. The Labute approximate surface area is 218 Å². The Kier molecular flexibility index (Phi) is 6.26. The van der Waals surface area contributed by atoms with Gasteiger partial charge in [0.1, 0.15) is 5.75 Å². The molecule has 0 bridgehead atoms. The minimum Gasteiger partial charge on any atom is -0.497 e. The van der Waals surface area contributed by atoms with Crippen molar-refractivity contribution in [1.29, 1.82) is 0 Å². The number of aliphatic hydroxyl groups is 1. The maximum Gasteiger partial charge on any atom is 0.169 e. The van der Waals surface area contributed by atoms with Gasteiger partial charge >= 0.3 is 0 Å². The number of rotatable bonds is 4. The second kappa shape index (κ2) is 9.59. The van der Waals surface area contributed by atoms with Gasteiger partial charge in [-0.3, -0.25) is 4.79 Å². The lowest BCUT2D eigenvalue weighted by molar-refractivity contribution is -0.330. The molecule has 4 nitrogen and oxygen atoms in total. The van der Waals surface area contributed by atoms with Crippen molar-refractivity contribution in [2.75, 3.05) is 7.11 Å². The number of Topliss-reactive ketones (excluding diaryl/α,β-unsaturated/α-hetero) is 1. The summed E-state index contributed by atoms with van der Waals surface area (Å²) in [5.74, 6) is -0.656. The van der Waals surface area contributed by atoms with Crippen molar-refractivity contribution in [3.8, 4) is 5.75 Å². The molecular weight excluding hydrogens is 460 g/mol. The van der Waals surface area contributed by atoms with Gasteiger partial charge < -0.3 is 14.6 Å². The van der Waals surface area contributed by atoms with Crippen LogP contribution in [0.2, 0.25) is 0 Å². The first kappa shape index (κ1) is 24.1. The molecule has 0 unspecified atom stereocenters. The van der Waals surface area contributed by atoms with Gasteiger partial charge in [0.2, 0.25) is 0 Å². The number of hydrogen-bond donors (Lipinski definition) is 1. The number of hydrogen-bond acceptors (Lipinski definition) is 4. The van der Waals surface area contributed by atoms with Crippen molar-refractivity contribution in [3.63, 3.8) is 0 Å². The summed E-state index contributed by atoms with van der Waals surface area (Å²) in [6, 6.07) is 28.2. The second-order valence-corrected chi connectivity index (χ2v) is 10.8. The molecule has 4 heteroatoms. The molecular formula is C33H34O4. The predicted molar refractivity (Wildman–Crippen MR) is 144 cm³/mol. The smallest absolute Gasteiger partial charge is 0.169 e. The van der Waals surface area contributed by atoms with Gasteiger partial charge in [-0.1, -0.05) is 79.2 Å². The van der Waals surface area contributed by atoms with E-state index in [0.29, 0.717) is 19.3 Å². The molecule has 1 spiro atoms. The topological polar surface area (TPSA) is 55.8 Å². The van der Waals surface area contributed by atoms with Crippen LogP contribution in [-0.2, 0) is 9.53 Å². The number of carbonyl (C=O) groups excluding carboxylic acids is 1. The molecule has 1 heterocycles. The molecule has 37 heavy (non-hydrogen) atoms. The monoisotopic (exact) mass is 494 g/mol. The van der Waals surface area contributed by atoms with Gasteiger partial charge in [0, 0.05) is 18.3 Å². The fourth-order valence-corrected chi connectivity index (χ4v) is 7.20. The number of fused-ring (bicyclic) bond motifs is 1. The van der Waals surface area contributed by atoms with Crippen LogP contribution in [0.4, 0.5) is 0 Å². The summed E-state index contributed by atoms with van der Waals surface area (Å²) < 4.78 is 12.2. The lowest BCUT2D eigenvalue weighted by Gasteiger charge is -2.58. The molecule has 1 saturated heterocycles. The van der Waals surface area contributed by atoms with Gasteiger partial charge in [-0.15, -0.1) is 0 Å². The summed E-state index contributed by atoms with van der Waals surface area (Å²) in [4.78, 5) is 14.7. The molecule has 3 aromatic carbocycles. The molecule has 0 amide bonds. The predicted octanol–water partition coefficient (Wildman–Crippen LogP) is 6.86. The fourth-order valence-electron chi connectivity index (χ4n) is 7.20. The average molecular weight is 495 g/mol. The number of methoxy groups -OCH3 is 1. The highest BCUT2D eigenvalue weighted by atomic mass is 16.6. The van der Waals surface area contributed by atoms with E-state index in [1.807, 2.05) is 78.9 Å². The maximum atomic E-state index is 14.7. The van der Waals surface area contributed by atoms with E-state index in [1.54, 1.807) is 7.11 Å². The van der Waals surface area contributed by atoms with Crippen LogP contribution in [-0.4, -0.2) is 23.8 Å². The van der Waals surface area contributed by atoms with Gasteiger partial charge in [-0.25, -0.2) is 0 Å². The minimum atomic E-state index is -1.26. The Balaban J connectivity index is 1.55. The first-order valence-electron chi connectivity index (χ1n) is 13.4. The maximum absolute atomic E-state index is 14.7. The lowest BCUT2D eigenvalue weighted by Crippen LogP contribution is -2.59. The quantitative estimate of drug-likeness (QED) is 0.403. The van der Waals surface area contributed by atoms with Gasteiger partial charge in [0.15, 0.2) is 11.6 Å². The molecule has 0 aromatic heterocycles. The molecule has 5 atom stereocenters. The third kappa shape index (κ3) is 4.03. The van der Waals surface area contributed by atoms with E-state index in [2.05, 4.69) is 12.1 Å². The highest BCUT2D eigenvalue weighted by Gasteiger charge is 2.66. The van der Waals surface area contributed by atoms with Crippen molar-refractivity contribution in [1.82, 2.24) is 0 Å². The number of allylic oxidation sites excluding steroid dienone is 1. The van der Waals surface area contributed by atoms with Gasteiger partial charge in [-0.2, -0.15) is 0 Å². The molecule has 0 radical (unpaired) electrons. The number of ketones is 1. The molecule has 1 N–H and O–H groups in total. The summed E-state index contributed by atoms with van der Waals surface area (Å²) in [5, 5.41) is 12.0. The van der Waals surface area contributed by atoms with Gasteiger partial charge in [0.25, 0.3) is 0 Å². The highest BCUT2D eigenvalue weighted by molar-refractivity contribution is 6.07. The van der Waals surface area contributed by atoms with Crippen LogP contribution in [0.25, 0.3) is 6.08 Å². The van der Waals surface area contributed by atoms with E-state index in [1.165, 1.54) is 0 Å². The third-order valence-corrected chi connectivity index (χ3v) is 8.87. The van der Waals surface area contributed by atoms with Crippen LogP contribution in [0.5, 0.6) is 5.75 Å². The Morgan fingerprint density at radius 1 is 0.892 bits per heavy atom. The Bertz CT molecular complexity index is 1280. The first-order chi connectivity index (χ1) is 18.0. The van der Waals surface area contributed by atoms with Crippen LogP contribution >= 0.6 is 0 Å². The first-order valence-corrected chi connectivity index (χ1v) is 13.4.